The van der Waals surface area contributed by atoms with Gasteiger partial charge in [-0.2, -0.15) is 8.42 Å². The number of hydrogen-bond donors (Lipinski definition) is 0. The van der Waals surface area contributed by atoms with Crippen LogP contribution in [0.4, 0.5) is 4.79 Å². The van der Waals surface area contributed by atoms with E-state index in [-0.39, 0.29) is 27.9 Å². The van der Waals surface area contributed by atoms with Gasteiger partial charge in [0, 0.05) is 5.39 Å². The van der Waals surface area contributed by atoms with Crippen molar-refractivity contribution in [2.24, 2.45) is 0 Å². The maximum absolute atomic E-state index is 13.1. The number of thioether (sulfide) groups is 1. The lowest BCUT2D eigenvalue weighted by atomic mass is 10.1. The Morgan fingerprint density at radius 1 is 1.03 bits per heavy atom. The lowest BCUT2D eigenvalue weighted by Crippen LogP contribution is -2.34. The molecule has 0 spiro atoms. The Balaban J connectivity index is 1.59. The van der Waals surface area contributed by atoms with Gasteiger partial charge in [-0.3, -0.25) is 19.3 Å². The van der Waals surface area contributed by atoms with Crippen molar-refractivity contribution in [3.63, 3.8) is 0 Å². The predicted octanol–water partition coefficient (Wildman–Crippen LogP) is 4.22. The summed E-state index contributed by atoms with van der Waals surface area (Å²) in [6.07, 6.45) is 1.45. The van der Waals surface area contributed by atoms with Crippen LogP contribution in [0.5, 0.6) is 11.5 Å². The molecule has 3 aromatic rings. The normalized spacial score (nSPS) is 14.9. The third kappa shape index (κ3) is 5.21. The van der Waals surface area contributed by atoms with E-state index < -0.39 is 33.8 Å². The van der Waals surface area contributed by atoms with E-state index >= 15 is 0 Å². The molecule has 0 N–H and O–H groups in total. The summed E-state index contributed by atoms with van der Waals surface area (Å²) < 4.78 is 41.7. The lowest BCUT2D eigenvalue weighted by molar-refractivity contribution is -0.145. The van der Waals surface area contributed by atoms with Crippen molar-refractivity contribution in [2.45, 2.75) is 11.8 Å². The van der Waals surface area contributed by atoms with Gasteiger partial charge in [0.1, 0.15) is 11.4 Å². The van der Waals surface area contributed by atoms with Crippen molar-refractivity contribution in [2.75, 3.05) is 20.3 Å². The zero-order valence-corrected chi connectivity index (χ0v) is 20.9. The number of benzene rings is 3. The number of amides is 2. The largest absolute Gasteiger partial charge is 0.493 e. The molecule has 36 heavy (non-hydrogen) atoms. The van der Waals surface area contributed by atoms with Crippen LogP contribution in [-0.2, 0) is 24.4 Å². The minimum Gasteiger partial charge on any atom is -0.493 e. The third-order valence-electron chi connectivity index (χ3n) is 5.17. The maximum Gasteiger partial charge on any atom is 0.339 e. The highest BCUT2D eigenvalue weighted by atomic mass is 32.2. The zero-order chi connectivity index (χ0) is 25.9. The first kappa shape index (κ1) is 25.3. The highest BCUT2D eigenvalue weighted by Gasteiger charge is 2.36. The van der Waals surface area contributed by atoms with Crippen molar-refractivity contribution >= 4 is 55.8 Å². The van der Waals surface area contributed by atoms with Crippen LogP contribution in [0.2, 0.25) is 0 Å². The van der Waals surface area contributed by atoms with E-state index in [2.05, 4.69) is 0 Å². The molecule has 0 radical (unpaired) electrons. The maximum atomic E-state index is 13.1. The molecule has 0 aliphatic carbocycles. The molecule has 0 unspecified atom stereocenters. The molecule has 186 valence electrons. The summed E-state index contributed by atoms with van der Waals surface area (Å²) in [5.41, 5.74) is 0.461. The number of esters is 1. The summed E-state index contributed by atoms with van der Waals surface area (Å²) in [6.45, 7) is 1.28. The van der Waals surface area contributed by atoms with Crippen LogP contribution in [0.15, 0.2) is 70.5 Å². The summed E-state index contributed by atoms with van der Waals surface area (Å²) in [5, 5.41) is 0.683. The fraction of sp³-hybridized carbons (Fsp3) is 0.160. The summed E-state index contributed by atoms with van der Waals surface area (Å²) in [7, 11) is -2.85. The van der Waals surface area contributed by atoms with Gasteiger partial charge in [0.15, 0.2) is 11.5 Å². The van der Waals surface area contributed by atoms with Gasteiger partial charge in [-0.15, -0.1) is 0 Å². The average molecular weight is 528 g/mol. The van der Waals surface area contributed by atoms with Crippen molar-refractivity contribution < 1.29 is 36.5 Å². The van der Waals surface area contributed by atoms with Gasteiger partial charge in [-0.05, 0) is 53.9 Å². The van der Waals surface area contributed by atoms with E-state index in [0.29, 0.717) is 22.7 Å². The molecule has 4 rings (SSSR count). The summed E-state index contributed by atoms with van der Waals surface area (Å²) in [6, 6.07) is 16.4. The van der Waals surface area contributed by atoms with E-state index in [1.807, 2.05) is 6.07 Å². The number of carbonyl (C=O) groups excluding carboxylic acids is 3. The monoisotopic (exact) mass is 527 g/mol. The minimum absolute atomic E-state index is 0.0157. The highest BCUT2D eigenvalue weighted by Crippen LogP contribution is 2.36. The van der Waals surface area contributed by atoms with Gasteiger partial charge >= 0.3 is 16.1 Å². The first-order chi connectivity index (χ1) is 17.2. The topological polar surface area (TPSA) is 116 Å². The summed E-state index contributed by atoms with van der Waals surface area (Å²) in [5.74, 6) is -1.25. The molecule has 1 aliphatic heterocycles. The van der Waals surface area contributed by atoms with Gasteiger partial charge in [-0.25, -0.2) is 0 Å². The highest BCUT2D eigenvalue weighted by molar-refractivity contribution is 8.18. The Morgan fingerprint density at radius 2 is 1.78 bits per heavy atom. The van der Waals surface area contributed by atoms with Gasteiger partial charge in [0.25, 0.3) is 11.1 Å². The number of rotatable bonds is 8. The number of hydrogen-bond acceptors (Lipinski definition) is 9. The number of ether oxygens (including phenoxy) is 2. The Bertz CT molecular complexity index is 1490. The predicted molar refractivity (Wildman–Crippen MR) is 134 cm³/mol. The standard InChI is InChI=1S/C25H21NO8S2/c1-3-33-23(27)15-26-24(28)21(35-25(26)29)14-16-11-12-19(20(13-16)32-2)34-36(30,31)22-10-6-8-17-7-4-5-9-18(17)22/h4-14H,3,15H2,1-2H3/b21-14-. The molecule has 0 aromatic heterocycles. The molecule has 0 bridgehead atoms. The molecule has 0 atom stereocenters. The van der Waals surface area contributed by atoms with Crippen LogP contribution in [-0.4, -0.2) is 50.7 Å². The third-order valence-corrected chi connectivity index (χ3v) is 7.37. The first-order valence-electron chi connectivity index (χ1n) is 10.7. The molecule has 1 fully saturated rings. The quantitative estimate of drug-likeness (QED) is 0.241. The first-order valence-corrected chi connectivity index (χ1v) is 13.0. The van der Waals surface area contributed by atoms with Gasteiger partial charge in [0.05, 0.1) is 18.6 Å². The molecule has 1 aliphatic rings. The van der Waals surface area contributed by atoms with Crippen molar-refractivity contribution in [3.05, 3.63) is 71.1 Å². The van der Waals surface area contributed by atoms with Crippen molar-refractivity contribution in [3.8, 4) is 11.5 Å². The number of methoxy groups -OCH3 is 1. The number of carbonyl (C=O) groups is 3. The van der Waals surface area contributed by atoms with E-state index in [0.717, 1.165) is 10.3 Å². The fourth-order valence-electron chi connectivity index (χ4n) is 3.54. The smallest absolute Gasteiger partial charge is 0.339 e. The molecule has 2 amide bonds. The Kier molecular flexibility index (Phi) is 7.32. The molecule has 0 saturated carbocycles. The summed E-state index contributed by atoms with van der Waals surface area (Å²) >= 11 is 0.686. The molecule has 11 heteroatoms. The molecule has 1 heterocycles. The Morgan fingerprint density at radius 3 is 2.53 bits per heavy atom. The minimum atomic E-state index is -4.20. The molecule has 9 nitrogen and oxygen atoms in total. The lowest BCUT2D eigenvalue weighted by Gasteiger charge is -2.13. The van der Waals surface area contributed by atoms with Gasteiger partial charge in [0.2, 0.25) is 0 Å². The Hall–Kier alpha value is -3.83. The van der Waals surface area contributed by atoms with Crippen LogP contribution >= 0.6 is 11.8 Å². The second-order valence-corrected chi connectivity index (χ2v) is 10.0. The second-order valence-electron chi connectivity index (χ2n) is 7.50. The van der Waals surface area contributed by atoms with E-state index in [4.69, 9.17) is 13.7 Å². The number of imide groups is 1. The zero-order valence-electron chi connectivity index (χ0n) is 19.3. The van der Waals surface area contributed by atoms with Crippen molar-refractivity contribution in [1.82, 2.24) is 4.90 Å². The van der Waals surface area contributed by atoms with Gasteiger partial charge < -0.3 is 13.7 Å². The van der Waals surface area contributed by atoms with E-state index in [1.165, 1.54) is 37.5 Å². The summed E-state index contributed by atoms with van der Waals surface area (Å²) in [4.78, 5) is 37.4. The van der Waals surface area contributed by atoms with Crippen LogP contribution < -0.4 is 8.92 Å². The van der Waals surface area contributed by atoms with Gasteiger partial charge in [-0.1, -0.05) is 42.5 Å². The Labute approximate surface area is 211 Å². The van der Waals surface area contributed by atoms with Crippen LogP contribution in [0.25, 0.3) is 16.8 Å². The van der Waals surface area contributed by atoms with E-state index in [9.17, 15) is 22.8 Å². The molecular weight excluding hydrogens is 506 g/mol. The average Bonchev–Trinajstić information content (AvgIpc) is 3.11. The van der Waals surface area contributed by atoms with Crippen LogP contribution in [0.1, 0.15) is 12.5 Å². The number of fused-ring (bicyclic) bond motifs is 1. The van der Waals surface area contributed by atoms with Crippen LogP contribution in [0.3, 0.4) is 0 Å². The van der Waals surface area contributed by atoms with E-state index in [1.54, 1.807) is 37.3 Å². The molecular formula is C25H21NO8S2. The fourth-order valence-corrected chi connectivity index (χ4v) is 5.55. The SMILES string of the molecule is CCOC(=O)CN1C(=O)S/C(=C\c2ccc(OS(=O)(=O)c3cccc4ccccc34)c(OC)c2)C1=O. The number of nitrogens with zero attached hydrogens (tertiary/aromatic N) is 1. The molecule has 1 saturated heterocycles. The second kappa shape index (κ2) is 10.4. The van der Waals surface area contributed by atoms with Crippen molar-refractivity contribution in [1.29, 1.82) is 0 Å². The molecule has 3 aromatic carbocycles. The van der Waals surface area contributed by atoms with Crippen LogP contribution in [0, 0.1) is 0 Å².